The Morgan fingerprint density at radius 3 is 1.00 bits per heavy atom. The maximum absolute atomic E-state index is 8.63. The Hall–Kier alpha value is -5.32. The topological polar surface area (TPSA) is 199 Å². The molecule has 0 atom stereocenters. The molecule has 0 fully saturated rings. The van der Waals surface area contributed by atoms with Crippen molar-refractivity contribution in [1.82, 2.24) is 19.9 Å². The monoisotopic (exact) mass is 394 g/mol. The van der Waals surface area contributed by atoms with E-state index in [-0.39, 0.29) is 11.1 Å². The van der Waals surface area contributed by atoms with Crippen LogP contribution in [0.3, 0.4) is 0 Å². The predicted octanol–water partition coefficient (Wildman–Crippen LogP) is 0.200. The van der Waals surface area contributed by atoms with Crippen molar-refractivity contribution in [3.05, 3.63) is 71.6 Å². The van der Waals surface area contributed by atoms with Gasteiger partial charge in [-0.3, -0.25) is 0 Å². The van der Waals surface area contributed by atoms with E-state index in [1.165, 1.54) is 24.3 Å². The average molecular weight is 394 g/mol. The number of benzene rings is 1. The van der Waals surface area contributed by atoms with Crippen molar-refractivity contribution in [2.75, 3.05) is 11.5 Å². The molecular formula is C20H14N10. The molecule has 144 valence electrons. The Balaban J connectivity index is 0.000000263. The van der Waals surface area contributed by atoms with Crippen LogP contribution >= 0.6 is 0 Å². The summed E-state index contributed by atoms with van der Waals surface area (Å²) in [6, 6.07) is 16.6. The number of aromatic nitrogens is 4. The third kappa shape index (κ3) is 7.92. The number of hydrogen-bond acceptors (Lipinski definition) is 10. The van der Waals surface area contributed by atoms with Crippen molar-refractivity contribution < 1.29 is 0 Å². The molecule has 0 aliphatic carbocycles. The smallest absolute Gasteiger partial charge is 0.219 e. The van der Waals surface area contributed by atoms with Gasteiger partial charge in [-0.15, -0.1) is 0 Å². The molecule has 10 heteroatoms. The van der Waals surface area contributed by atoms with E-state index in [9.17, 15) is 0 Å². The fourth-order valence-corrected chi connectivity index (χ4v) is 1.73. The maximum atomic E-state index is 8.63. The summed E-state index contributed by atoms with van der Waals surface area (Å²) >= 11 is 0. The highest BCUT2D eigenvalue weighted by Crippen LogP contribution is 1.88. The molecule has 2 heterocycles. The van der Waals surface area contributed by atoms with Crippen molar-refractivity contribution in [3.63, 3.8) is 0 Å². The highest BCUT2D eigenvalue weighted by molar-refractivity contribution is 5.74. The Bertz CT molecular complexity index is 1090. The van der Waals surface area contributed by atoms with Crippen LogP contribution in [-0.4, -0.2) is 19.9 Å². The number of anilines is 2. The lowest BCUT2D eigenvalue weighted by atomic mass is 10.1. The fourth-order valence-electron chi connectivity index (χ4n) is 1.73. The lowest BCUT2D eigenvalue weighted by molar-refractivity contribution is 1.19. The number of nitrogen functional groups attached to an aromatic ring is 2. The molecule has 10 nitrogen and oxygen atoms in total. The fraction of sp³-hybridized carbons (Fsp3) is 0. The molecule has 0 unspecified atom stereocenters. The second-order valence-electron chi connectivity index (χ2n) is 4.99. The van der Waals surface area contributed by atoms with Gasteiger partial charge in [0.2, 0.25) is 11.9 Å². The molecule has 3 rings (SSSR count). The lowest BCUT2D eigenvalue weighted by Crippen LogP contribution is -2.11. The largest absolute Gasteiger partial charge is 0.368 e. The number of nitriles is 4. The number of hydrogen-bond donors (Lipinski definition) is 2. The molecule has 0 spiro atoms. The minimum atomic E-state index is 0.00187. The first kappa shape index (κ1) is 22.7. The van der Waals surface area contributed by atoms with Crippen LogP contribution in [0.5, 0.6) is 0 Å². The van der Waals surface area contributed by atoms with Crippen LogP contribution < -0.4 is 21.9 Å². The van der Waals surface area contributed by atoms with Gasteiger partial charge in [0, 0.05) is 35.2 Å². The zero-order chi connectivity index (χ0) is 22.2. The molecule has 0 saturated carbocycles. The van der Waals surface area contributed by atoms with Gasteiger partial charge in [-0.1, -0.05) is 24.3 Å². The summed E-state index contributed by atoms with van der Waals surface area (Å²) < 4.78 is 0. The molecule has 4 N–H and O–H groups in total. The van der Waals surface area contributed by atoms with E-state index in [2.05, 4.69) is 19.9 Å². The van der Waals surface area contributed by atoms with Gasteiger partial charge in [-0.05, 0) is 12.1 Å². The predicted molar refractivity (Wildman–Crippen MR) is 108 cm³/mol. The quantitative estimate of drug-likeness (QED) is 0.530. The Labute approximate surface area is 171 Å². The standard InChI is InChI=1S/C12H4N4.2C4H5N3/c13-5-11(6-14)9-1-2-10(4-3-9)12(7-15)8-16;2*5-4-6-2-1-3-7-4/h1-4H;2*1-3H,(H2,5,6,7). The van der Waals surface area contributed by atoms with Crippen LogP contribution in [0.4, 0.5) is 11.9 Å². The summed E-state index contributed by atoms with van der Waals surface area (Å²) in [5, 5.41) is 35.5. The SMILES string of the molecule is N#CC(C#N)=c1ccc(=C(C#N)C#N)cc1.Nc1ncccn1.Nc1ncccn1. The zero-order valence-corrected chi connectivity index (χ0v) is 15.5. The first-order valence-corrected chi connectivity index (χ1v) is 8.05. The second-order valence-corrected chi connectivity index (χ2v) is 4.99. The van der Waals surface area contributed by atoms with Gasteiger partial charge >= 0.3 is 0 Å². The highest BCUT2D eigenvalue weighted by Gasteiger charge is 1.96. The molecule has 0 aliphatic rings. The van der Waals surface area contributed by atoms with Crippen molar-refractivity contribution >= 4 is 23.0 Å². The van der Waals surface area contributed by atoms with E-state index in [1.807, 2.05) is 0 Å². The summed E-state index contributed by atoms with van der Waals surface area (Å²) in [5.74, 6) is 0.644. The Kier molecular flexibility index (Phi) is 9.80. The van der Waals surface area contributed by atoms with Crippen molar-refractivity contribution in [3.8, 4) is 24.3 Å². The summed E-state index contributed by atoms with van der Waals surface area (Å²) in [5.41, 5.74) is 10.3. The molecule has 0 radical (unpaired) electrons. The van der Waals surface area contributed by atoms with E-state index < -0.39 is 0 Å². The van der Waals surface area contributed by atoms with Gasteiger partial charge in [0.05, 0.1) is 0 Å². The van der Waals surface area contributed by atoms with E-state index >= 15 is 0 Å². The van der Waals surface area contributed by atoms with Crippen molar-refractivity contribution in [1.29, 1.82) is 21.0 Å². The second kappa shape index (κ2) is 12.9. The zero-order valence-electron chi connectivity index (χ0n) is 15.5. The normalized spacial score (nSPS) is 8.13. The molecule has 3 aromatic rings. The molecule has 0 bridgehead atoms. The minimum absolute atomic E-state index is 0.00187. The van der Waals surface area contributed by atoms with Crippen LogP contribution in [0.1, 0.15) is 0 Å². The first-order chi connectivity index (χ1) is 14.5. The first-order valence-electron chi connectivity index (χ1n) is 8.05. The maximum Gasteiger partial charge on any atom is 0.219 e. The van der Waals surface area contributed by atoms with Gasteiger partial charge < -0.3 is 11.5 Å². The average Bonchev–Trinajstić information content (AvgIpc) is 2.78. The minimum Gasteiger partial charge on any atom is -0.368 e. The summed E-state index contributed by atoms with van der Waals surface area (Å²) in [6.07, 6.45) is 6.40. The summed E-state index contributed by atoms with van der Waals surface area (Å²) in [4.78, 5) is 14.6. The van der Waals surface area contributed by atoms with Crippen LogP contribution in [0, 0.1) is 45.3 Å². The third-order valence-electron chi connectivity index (χ3n) is 3.08. The van der Waals surface area contributed by atoms with Gasteiger partial charge in [-0.2, -0.15) is 21.0 Å². The van der Waals surface area contributed by atoms with Gasteiger partial charge in [-0.25, -0.2) is 19.9 Å². The van der Waals surface area contributed by atoms with E-state index in [1.54, 1.807) is 61.2 Å². The van der Waals surface area contributed by atoms with Crippen LogP contribution in [0.15, 0.2) is 61.2 Å². The van der Waals surface area contributed by atoms with Crippen molar-refractivity contribution in [2.45, 2.75) is 0 Å². The molecule has 30 heavy (non-hydrogen) atoms. The molecular weight excluding hydrogens is 380 g/mol. The van der Waals surface area contributed by atoms with Crippen LogP contribution in [0.2, 0.25) is 0 Å². The molecule has 0 aliphatic heterocycles. The Morgan fingerprint density at radius 2 is 0.833 bits per heavy atom. The van der Waals surface area contributed by atoms with E-state index in [4.69, 9.17) is 32.5 Å². The number of rotatable bonds is 0. The molecule has 0 saturated heterocycles. The third-order valence-corrected chi connectivity index (χ3v) is 3.08. The molecule has 2 aromatic heterocycles. The van der Waals surface area contributed by atoms with Gasteiger partial charge in [0.15, 0.2) is 0 Å². The Morgan fingerprint density at radius 1 is 0.567 bits per heavy atom. The van der Waals surface area contributed by atoms with Crippen LogP contribution in [-0.2, 0) is 0 Å². The van der Waals surface area contributed by atoms with Crippen LogP contribution in [0.25, 0.3) is 11.1 Å². The molecule has 0 amide bonds. The number of nitrogens with two attached hydrogens (primary N) is 2. The number of nitrogens with zero attached hydrogens (tertiary/aromatic N) is 8. The summed E-state index contributed by atoms with van der Waals surface area (Å²) in [6.45, 7) is 0. The lowest BCUT2D eigenvalue weighted by Gasteiger charge is -1.88. The highest BCUT2D eigenvalue weighted by atomic mass is 15.0. The van der Waals surface area contributed by atoms with Gasteiger partial charge in [0.1, 0.15) is 35.4 Å². The van der Waals surface area contributed by atoms with Crippen molar-refractivity contribution in [2.24, 2.45) is 0 Å². The molecule has 1 aromatic carbocycles. The van der Waals surface area contributed by atoms with E-state index in [0.29, 0.717) is 22.3 Å². The summed E-state index contributed by atoms with van der Waals surface area (Å²) in [7, 11) is 0. The van der Waals surface area contributed by atoms with E-state index in [0.717, 1.165) is 0 Å². The van der Waals surface area contributed by atoms with Gasteiger partial charge in [0.25, 0.3) is 0 Å².